The van der Waals surface area contributed by atoms with Gasteiger partial charge in [-0.05, 0) is 49.4 Å². The predicted octanol–water partition coefficient (Wildman–Crippen LogP) is 1.60. The van der Waals surface area contributed by atoms with E-state index in [1.807, 2.05) is 0 Å². The molecule has 2 rings (SSSR count). The molecule has 0 bridgehead atoms. The van der Waals surface area contributed by atoms with Gasteiger partial charge in [0.05, 0.1) is 0 Å². The highest BCUT2D eigenvalue weighted by Gasteiger charge is 2.28. The summed E-state index contributed by atoms with van der Waals surface area (Å²) in [6.07, 6.45) is 2.30. The zero-order valence-corrected chi connectivity index (χ0v) is 9.87. The van der Waals surface area contributed by atoms with E-state index in [2.05, 4.69) is 5.32 Å². The van der Waals surface area contributed by atoms with Gasteiger partial charge in [-0.3, -0.25) is 4.79 Å². The molecule has 0 aromatic heterocycles. The van der Waals surface area contributed by atoms with E-state index in [4.69, 9.17) is 5.73 Å². The van der Waals surface area contributed by atoms with Crippen LogP contribution in [0.4, 0.5) is 4.39 Å². The van der Waals surface area contributed by atoms with Crippen LogP contribution in [0.1, 0.15) is 28.8 Å². The summed E-state index contributed by atoms with van der Waals surface area (Å²) in [5.41, 5.74) is 6.97. The maximum Gasteiger partial charge on any atom is 0.251 e. The van der Waals surface area contributed by atoms with Crippen molar-refractivity contribution in [2.45, 2.75) is 25.8 Å². The number of hydrogen-bond acceptors (Lipinski definition) is 2. The minimum Gasteiger partial charge on any atom is -0.350 e. The molecule has 0 saturated heterocycles. The maximum atomic E-state index is 13.1. The monoisotopic (exact) mass is 236 g/mol. The SMILES string of the molecule is Cc1cc(F)cc(C(=O)NCC(N)C2CC2)c1. The lowest BCUT2D eigenvalue weighted by molar-refractivity contribution is 0.0949. The lowest BCUT2D eigenvalue weighted by Crippen LogP contribution is -2.38. The molecule has 1 amide bonds. The number of carbonyl (C=O) groups is 1. The Morgan fingerprint density at radius 2 is 2.24 bits per heavy atom. The van der Waals surface area contributed by atoms with E-state index in [9.17, 15) is 9.18 Å². The lowest BCUT2D eigenvalue weighted by Gasteiger charge is -2.11. The summed E-state index contributed by atoms with van der Waals surface area (Å²) in [5, 5.41) is 2.74. The van der Waals surface area contributed by atoms with Gasteiger partial charge in [0.2, 0.25) is 0 Å². The quantitative estimate of drug-likeness (QED) is 0.834. The van der Waals surface area contributed by atoms with Crippen molar-refractivity contribution in [2.24, 2.45) is 11.7 Å². The van der Waals surface area contributed by atoms with E-state index in [0.29, 0.717) is 18.0 Å². The van der Waals surface area contributed by atoms with Crippen molar-refractivity contribution in [3.05, 3.63) is 35.1 Å². The van der Waals surface area contributed by atoms with E-state index in [1.165, 1.54) is 12.1 Å². The predicted molar refractivity (Wildman–Crippen MR) is 64.2 cm³/mol. The minimum atomic E-state index is -0.387. The number of hydrogen-bond donors (Lipinski definition) is 2. The summed E-state index contributed by atoms with van der Waals surface area (Å²) in [5.74, 6) is -0.102. The number of halogens is 1. The van der Waals surface area contributed by atoms with Gasteiger partial charge in [0.25, 0.3) is 5.91 Å². The molecule has 92 valence electrons. The molecular formula is C13H17FN2O. The van der Waals surface area contributed by atoms with Crippen LogP contribution in [0.5, 0.6) is 0 Å². The summed E-state index contributed by atoms with van der Waals surface area (Å²) >= 11 is 0. The highest BCUT2D eigenvalue weighted by Crippen LogP contribution is 2.31. The van der Waals surface area contributed by atoms with Crippen molar-refractivity contribution < 1.29 is 9.18 Å². The van der Waals surface area contributed by atoms with Crippen molar-refractivity contribution in [3.63, 3.8) is 0 Å². The Morgan fingerprint density at radius 3 is 2.82 bits per heavy atom. The number of carbonyl (C=O) groups excluding carboxylic acids is 1. The molecule has 1 fully saturated rings. The second-order valence-corrected chi connectivity index (χ2v) is 4.73. The number of nitrogens with two attached hydrogens (primary N) is 1. The minimum absolute atomic E-state index is 0.0219. The van der Waals surface area contributed by atoms with E-state index in [1.54, 1.807) is 13.0 Å². The van der Waals surface area contributed by atoms with Gasteiger partial charge < -0.3 is 11.1 Å². The van der Waals surface area contributed by atoms with E-state index < -0.39 is 0 Å². The van der Waals surface area contributed by atoms with Crippen LogP contribution in [-0.2, 0) is 0 Å². The fraction of sp³-hybridized carbons (Fsp3) is 0.462. The summed E-state index contributed by atoms with van der Waals surface area (Å²) in [7, 11) is 0. The molecule has 0 aliphatic heterocycles. The summed E-state index contributed by atoms with van der Waals surface area (Å²) in [6.45, 7) is 2.22. The molecule has 1 aromatic carbocycles. The average Bonchev–Trinajstić information content (AvgIpc) is 3.07. The second kappa shape index (κ2) is 4.84. The normalized spacial score (nSPS) is 16.6. The van der Waals surface area contributed by atoms with Crippen LogP contribution in [0.2, 0.25) is 0 Å². The lowest BCUT2D eigenvalue weighted by atomic mass is 10.1. The maximum absolute atomic E-state index is 13.1. The average molecular weight is 236 g/mol. The Morgan fingerprint density at radius 1 is 1.53 bits per heavy atom. The van der Waals surface area contributed by atoms with Crippen LogP contribution in [0.3, 0.4) is 0 Å². The number of benzene rings is 1. The Labute approximate surface area is 100 Å². The van der Waals surface area contributed by atoms with Gasteiger partial charge in [0.1, 0.15) is 5.82 Å². The van der Waals surface area contributed by atoms with Crippen LogP contribution in [0, 0.1) is 18.7 Å². The topological polar surface area (TPSA) is 55.1 Å². The third-order valence-corrected chi connectivity index (χ3v) is 3.03. The highest BCUT2D eigenvalue weighted by molar-refractivity contribution is 5.94. The molecule has 3 N–H and O–H groups in total. The molecule has 0 heterocycles. The zero-order chi connectivity index (χ0) is 12.4. The first kappa shape index (κ1) is 12.0. The molecule has 1 saturated carbocycles. The van der Waals surface area contributed by atoms with Gasteiger partial charge in [-0.15, -0.1) is 0 Å². The van der Waals surface area contributed by atoms with Crippen molar-refractivity contribution in [1.29, 1.82) is 0 Å². The first-order chi connectivity index (χ1) is 8.06. The number of rotatable bonds is 4. The molecule has 1 unspecified atom stereocenters. The van der Waals surface area contributed by atoms with Crippen molar-refractivity contribution in [3.8, 4) is 0 Å². The van der Waals surface area contributed by atoms with Gasteiger partial charge in [-0.2, -0.15) is 0 Å². The van der Waals surface area contributed by atoms with Crippen molar-refractivity contribution >= 4 is 5.91 Å². The van der Waals surface area contributed by atoms with E-state index in [-0.39, 0.29) is 17.8 Å². The van der Waals surface area contributed by atoms with Gasteiger partial charge in [-0.25, -0.2) is 4.39 Å². The van der Waals surface area contributed by atoms with Crippen molar-refractivity contribution in [1.82, 2.24) is 5.32 Å². The van der Waals surface area contributed by atoms with Gasteiger partial charge in [0.15, 0.2) is 0 Å². The third-order valence-electron chi connectivity index (χ3n) is 3.03. The molecule has 0 spiro atoms. The molecule has 0 radical (unpaired) electrons. The standard InChI is InChI=1S/C13H17FN2O/c1-8-4-10(6-11(14)5-8)13(17)16-7-12(15)9-2-3-9/h4-6,9,12H,2-3,7,15H2,1H3,(H,16,17). The Bertz CT molecular complexity index is 409. The smallest absolute Gasteiger partial charge is 0.251 e. The first-order valence-electron chi connectivity index (χ1n) is 5.87. The van der Waals surface area contributed by atoms with Gasteiger partial charge in [-0.1, -0.05) is 0 Å². The molecule has 1 atom stereocenters. The van der Waals surface area contributed by atoms with E-state index in [0.717, 1.165) is 18.4 Å². The molecule has 1 aliphatic rings. The number of aryl methyl sites for hydroxylation is 1. The van der Waals surface area contributed by atoms with Gasteiger partial charge >= 0.3 is 0 Å². The zero-order valence-electron chi connectivity index (χ0n) is 9.87. The van der Waals surface area contributed by atoms with Crippen LogP contribution in [0.15, 0.2) is 18.2 Å². The van der Waals surface area contributed by atoms with Crippen molar-refractivity contribution in [2.75, 3.05) is 6.54 Å². The van der Waals surface area contributed by atoms with Gasteiger partial charge in [0, 0.05) is 18.2 Å². The summed E-state index contributed by atoms with van der Waals surface area (Å²) in [4.78, 5) is 11.8. The summed E-state index contributed by atoms with van der Waals surface area (Å²) in [6, 6.07) is 4.33. The van der Waals surface area contributed by atoms with E-state index >= 15 is 0 Å². The fourth-order valence-corrected chi connectivity index (χ4v) is 1.87. The fourth-order valence-electron chi connectivity index (χ4n) is 1.87. The molecule has 3 nitrogen and oxygen atoms in total. The summed E-state index contributed by atoms with van der Waals surface area (Å²) < 4.78 is 13.1. The molecule has 1 aliphatic carbocycles. The molecular weight excluding hydrogens is 219 g/mol. The van der Waals surface area contributed by atoms with Crippen LogP contribution < -0.4 is 11.1 Å². The number of nitrogens with one attached hydrogen (secondary N) is 1. The Kier molecular flexibility index (Phi) is 3.43. The number of amides is 1. The molecule has 1 aromatic rings. The Hall–Kier alpha value is -1.42. The second-order valence-electron chi connectivity index (χ2n) is 4.73. The van der Waals surface area contributed by atoms with Crippen LogP contribution in [0.25, 0.3) is 0 Å². The van der Waals surface area contributed by atoms with Crippen LogP contribution >= 0.6 is 0 Å². The highest BCUT2D eigenvalue weighted by atomic mass is 19.1. The molecule has 17 heavy (non-hydrogen) atoms. The van der Waals surface area contributed by atoms with Crippen LogP contribution in [-0.4, -0.2) is 18.5 Å². The first-order valence-corrected chi connectivity index (χ1v) is 5.87. The Balaban J connectivity index is 1.94. The largest absolute Gasteiger partial charge is 0.350 e. The third kappa shape index (κ3) is 3.27. The molecule has 4 heteroatoms.